The maximum absolute atomic E-state index is 12.9. The SMILES string of the molecule is NC(CCN1CCCc2ccccc21)c1ccc(F)cn1. The summed E-state index contributed by atoms with van der Waals surface area (Å²) in [5, 5.41) is 0. The first-order valence-electron chi connectivity index (χ1n) is 7.44. The molecule has 1 aliphatic rings. The number of fused-ring (bicyclic) bond motifs is 1. The van der Waals surface area contributed by atoms with Gasteiger partial charge in [0.25, 0.3) is 0 Å². The number of aromatic nitrogens is 1. The van der Waals surface area contributed by atoms with E-state index in [-0.39, 0.29) is 11.9 Å². The molecule has 1 aliphatic heterocycles. The molecule has 0 saturated carbocycles. The van der Waals surface area contributed by atoms with Gasteiger partial charge in [0.15, 0.2) is 0 Å². The van der Waals surface area contributed by atoms with Crippen LogP contribution in [-0.4, -0.2) is 18.1 Å². The summed E-state index contributed by atoms with van der Waals surface area (Å²) in [7, 11) is 0. The maximum Gasteiger partial charge on any atom is 0.141 e. The van der Waals surface area contributed by atoms with E-state index in [1.54, 1.807) is 6.07 Å². The first-order valence-corrected chi connectivity index (χ1v) is 7.44. The summed E-state index contributed by atoms with van der Waals surface area (Å²) in [4.78, 5) is 6.46. The van der Waals surface area contributed by atoms with Crippen molar-refractivity contribution in [1.29, 1.82) is 0 Å². The fraction of sp³-hybridized carbons (Fsp3) is 0.353. The normalized spacial score (nSPS) is 15.6. The Labute approximate surface area is 124 Å². The topological polar surface area (TPSA) is 42.1 Å². The zero-order valence-electron chi connectivity index (χ0n) is 12.0. The average molecular weight is 285 g/mol. The average Bonchev–Trinajstić information content (AvgIpc) is 2.53. The Hall–Kier alpha value is -1.94. The minimum absolute atomic E-state index is 0.153. The number of rotatable bonds is 4. The van der Waals surface area contributed by atoms with Crippen molar-refractivity contribution in [3.63, 3.8) is 0 Å². The first-order chi connectivity index (χ1) is 10.2. The summed E-state index contributed by atoms with van der Waals surface area (Å²) >= 11 is 0. The number of halogens is 1. The summed E-state index contributed by atoms with van der Waals surface area (Å²) < 4.78 is 12.9. The molecule has 4 heteroatoms. The van der Waals surface area contributed by atoms with Crippen molar-refractivity contribution in [3.05, 3.63) is 59.7 Å². The van der Waals surface area contributed by atoms with Gasteiger partial charge < -0.3 is 10.6 Å². The Kier molecular flexibility index (Phi) is 4.15. The quantitative estimate of drug-likeness (QED) is 0.938. The third kappa shape index (κ3) is 3.22. The minimum Gasteiger partial charge on any atom is -0.371 e. The standard InChI is InChI=1S/C17H20FN3/c18-14-7-8-16(20-12-14)15(19)9-11-21-10-3-5-13-4-1-2-6-17(13)21/h1-2,4,6-8,12,15H,3,5,9-11,19H2. The highest BCUT2D eigenvalue weighted by Gasteiger charge is 2.17. The molecule has 0 spiro atoms. The van der Waals surface area contributed by atoms with Crippen LogP contribution in [0.3, 0.4) is 0 Å². The van der Waals surface area contributed by atoms with Crippen LogP contribution < -0.4 is 10.6 Å². The molecular formula is C17H20FN3. The number of nitrogens with zero attached hydrogens (tertiary/aromatic N) is 2. The second-order valence-electron chi connectivity index (χ2n) is 5.52. The molecule has 0 bridgehead atoms. The lowest BCUT2D eigenvalue weighted by Crippen LogP contribution is -2.32. The Balaban J connectivity index is 1.64. The van der Waals surface area contributed by atoms with Gasteiger partial charge in [0, 0.05) is 24.8 Å². The number of pyridine rings is 1. The van der Waals surface area contributed by atoms with E-state index in [9.17, 15) is 4.39 Å². The van der Waals surface area contributed by atoms with Gasteiger partial charge in [0.05, 0.1) is 11.9 Å². The van der Waals surface area contributed by atoms with Gasteiger partial charge in [-0.3, -0.25) is 4.98 Å². The lowest BCUT2D eigenvalue weighted by Gasteiger charge is -2.32. The highest BCUT2D eigenvalue weighted by Crippen LogP contribution is 2.27. The highest BCUT2D eigenvalue weighted by atomic mass is 19.1. The first kappa shape index (κ1) is 14.0. The van der Waals surface area contributed by atoms with Crippen LogP contribution in [0.15, 0.2) is 42.6 Å². The second-order valence-corrected chi connectivity index (χ2v) is 5.52. The molecule has 1 aromatic carbocycles. The molecule has 1 unspecified atom stereocenters. The van der Waals surface area contributed by atoms with Crippen LogP contribution in [-0.2, 0) is 6.42 Å². The molecule has 2 aromatic rings. The van der Waals surface area contributed by atoms with E-state index in [0.717, 1.165) is 31.6 Å². The monoisotopic (exact) mass is 285 g/mol. The van der Waals surface area contributed by atoms with Crippen LogP contribution in [0.1, 0.15) is 30.1 Å². The summed E-state index contributed by atoms with van der Waals surface area (Å²) in [6.07, 6.45) is 4.37. The smallest absolute Gasteiger partial charge is 0.141 e. The Bertz CT molecular complexity index is 597. The summed E-state index contributed by atoms with van der Waals surface area (Å²) in [6.45, 7) is 1.97. The van der Waals surface area contributed by atoms with Crippen LogP contribution >= 0.6 is 0 Å². The zero-order valence-corrected chi connectivity index (χ0v) is 12.0. The van der Waals surface area contributed by atoms with Gasteiger partial charge in [-0.1, -0.05) is 18.2 Å². The number of para-hydroxylation sites is 1. The van der Waals surface area contributed by atoms with E-state index >= 15 is 0 Å². The molecule has 2 N–H and O–H groups in total. The molecule has 3 rings (SSSR count). The van der Waals surface area contributed by atoms with E-state index in [2.05, 4.69) is 34.1 Å². The molecule has 0 aliphatic carbocycles. The Morgan fingerprint density at radius 1 is 1.24 bits per heavy atom. The summed E-state index contributed by atoms with van der Waals surface area (Å²) in [5.74, 6) is -0.323. The Morgan fingerprint density at radius 2 is 2.10 bits per heavy atom. The lowest BCUT2D eigenvalue weighted by molar-refractivity contribution is 0.583. The molecule has 1 atom stereocenters. The van der Waals surface area contributed by atoms with Gasteiger partial charge in [0.1, 0.15) is 5.82 Å². The molecule has 0 fully saturated rings. The summed E-state index contributed by atoms with van der Waals surface area (Å²) in [5.41, 5.74) is 9.66. The van der Waals surface area contributed by atoms with Gasteiger partial charge in [-0.25, -0.2) is 4.39 Å². The number of benzene rings is 1. The van der Waals surface area contributed by atoms with Crippen molar-refractivity contribution >= 4 is 5.69 Å². The van der Waals surface area contributed by atoms with Crippen molar-refractivity contribution in [3.8, 4) is 0 Å². The highest BCUT2D eigenvalue weighted by molar-refractivity contribution is 5.55. The van der Waals surface area contributed by atoms with Gasteiger partial charge in [-0.05, 0) is 43.0 Å². The van der Waals surface area contributed by atoms with Crippen molar-refractivity contribution in [2.75, 3.05) is 18.0 Å². The molecule has 21 heavy (non-hydrogen) atoms. The van der Waals surface area contributed by atoms with E-state index in [4.69, 9.17) is 5.73 Å². The Morgan fingerprint density at radius 3 is 2.90 bits per heavy atom. The molecule has 110 valence electrons. The van der Waals surface area contributed by atoms with Crippen LogP contribution in [0.4, 0.5) is 10.1 Å². The van der Waals surface area contributed by atoms with Gasteiger partial charge >= 0.3 is 0 Å². The van der Waals surface area contributed by atoms with Crippen molar-refractivity contribution < 1.29 is 4.39 Å². The lowest BCUT2D eigenvalue weighted by atomic mass is 10.0. The van der Waals surface area contributed by atoms with Crippen molar-refractivity contribution in [2.45, 2.75) is 25.3 Å². The molecule has 3 nitrogen and oxygen atoms in total. The second kappa shape index (κ2) is 6.22. The third-order valence-electron chi connectivity index (χ3n) is 4.05. The maximum atomic E-state index is 12.9. The third-order valence-corrected chi connectivity index (χ3v) is 4.05. The van der Waals surface area contributed by atoms with Gasteiger partial charge in [-0.15, -0.1) is 0 Å². The molecule has 0 radical (unpaired) electrons. The number of anilines is 1. The van der Waals surface area contributed by atoms with E-state index in [0.29, 0.717) is 0 Å². The number of hydrogen-bond donors (Lipinski definition) is 1. The largest absolute Gasteiger partial charge is 0.371 e. The number of aryl methyl sites for hydroxylation is 1. The molecule has 0 saturated heterocycles. The van der Waals surface area contributed by atoms with E-state index in [1.165, 1.54) is 29.9 Å². The minimum atomic E-state index is -0.323. The van der Waals surface area contributed by atoms with E-state index in [1.807, 2.05) is 0 Å². The fourth-order valence-corrected chi connectivity index (χ4v) is 2.89. The predicted octanol–water partition coefficient (Wildman–Crippen LogP) is 3.06. The van der Waals surface area contributed by atoms with Gasteiger partial charge in [0.2, 0.25) is 0 Å². The van der Waals surface area contributed by atoms with E-state index < -0.39 is 0 Å². The molecular weight excluding hydrogens is 265 g/mol. The van der Waals surface area contributed by atoms with Crippen LogP contribution in [0, 0.1) is 5.82 Å². The molecule has 0 amide bonds. The number of nitrogens with two attached hydrogens (primary N) is 1. The van der Waals surface area contributed by atoms with Crippen LogP contribution in [0.5, 0.6) is 0 Å². The molecule has 1 aromatic heterocycles. The van der Waals surface area contributed by atoms with Gasteiger partial charge in [-0.2, -0.15) is 0 Å². The summed E-state index contributed by atoms with van der Waals surface area (Å²) in [6, 6.07) is 11.5. The fourth-order valence-electron chi connectivity index (χ4n) is 2.89. The van der Waals surface area contributed by atoms with Crippen molar-refractivity contribution in [1.82, 2.24) is 4.98 Å². The van der Waals surface area contributed by atoms with Crippen LogP contribution in [0.2, 0.25) is 0 Å². The van der Waals surface area contributed by atoms with Crippen molar-refractivity contribution in [2.24, 2.45) is 5.73 Å². The van der Waals surface area contributed by atoms with Crippen LogP contribution in [0.25, 0.3) is 0 Å². The number of hydrogen-bond acceptors (Lipinski definition) is 3. The predicted molar refractivity (Wildman–Crippen MR) is 82.7 cm³/mol. The zero-order chi connectivity index (χ0) is 14.7. The molecule has 2 heterocycles.